The van der Waals surface area contributed by atoms with Crippen LogP contribution in [0, 0.1) is 0 Å². The molecule has 5 nitrogen and oxygen atoms in total. The van der Waals surface area contributed by atoms with E-state index in [9.17, 15) is 4.79 Å². The Hall–Kier alpha value is -1.88. The van der Waals surface area contributed by atoms with Gasteiger partial charge in [-0.1, -0.05) is 12.1 Å². The van der Waals surface area contributed by atoms with E-state index < -0.39 is 0 Å². The first-order valence-corrected chi connectivity index (χ1v) is 5.96. The Balaban J connectivity index is 2.23. The zero-order valence-corrected chi connectivity index (χ0v) is 10.5. The molecule has 2 N–H and O–H groups in total. The predicted molar refractivity (Wildman–Crippen MR) is 69.1 cm³/mol. The number of carbonyl (C=O) groups excluding carboxylic acids is 1. The molecule has 0 spiro atoms. The molecule has 0 radical (unpaired) electrons. The van der Waals surface area contributed by atoms with Crippen LogP contribution in [0.5, 0.6) is 0 Å². The first-order chi connectivity index (χ1) is 8.63. The van der Waals surface area contributed by atoms with Gasteiger partial charge in [0.25, 0.3) is 0 Å². The molecule has 1 amide bonds. The van der Waals surface area contributed by atoms with Gasteiger partial charge in [0, 0.05) is 6.04 Å². The Morgan fingerprint density at radius 1 is 1.44 bits per heavy atom. The van der Waals surface area contributed by atoms with Gasteiger partial charge in [-0.3, -0.25) is 4.79 Å². The van der Waals surface area contributed by atoms with E-state index in [1.807, 2.05) is 35.8 Å². The van der Waals surface area contributed by atoms with Crippen molar-refractivity contribution in [2.45, 2.75) is 25.9 Å². The maximum Gasteiger partial charge on any atom is 0.243 e. The molecular formula is C13H17N3O2. The van der Waals surface area contributed by atoms with Crippen LogP contribution in [-0.4, -0.2) is 33.2 Å². The van der Waals surface area contributed by atoms with Crippen molar-refractivity contribution in [1.82, 2.24) is 14.9 Å². The fraction of sp³-hybridized carbons (Fsp3) is 0.385. The summed E-state index contributed by atoms with van der Waals surface area (Å²) < 4.78 is 1.83. The summed E-state index contributed by atoms with van der Waals surface area (Å²) in [4.78, 5) is 16.2. The van der Waals surface area contributed by atoms with Gasteiger partial charge in [0.05, 0.1) is 24.0 Å². The average molecular weight is 247 g/mol. The fourth-order valence-corrected chi connectivity index (χ4v) is 1.82. The molecular weight excluding hydrogens is 230 g/mol. The molecule has 0 aliphatic carbocycles. The number of benzene rings is 1. The Morgan fingerprint density at radius 3 is 2.89 bits per heavy atom. The highest BCUT2D eigenvalue weighted by molar-refractivity contribution is 5.83. The topological polar surface area (TPSA) is 67.2 Å². The van der Waals surface area contributed by atoms with Gasteiger partial charge in [-0.05, 0) is 26.0 Å². The van der Waals surface area contributed by atoms with Gasteiger partial charge in [0.1, 0.15) is 6.04 Å². The van der Waals surface area contributed by atoms with Gasteiger partial charge >= 0.3 is 0 Å². The largest absolute Gasteiger partial charge is 0.394 e. The normalized spacial score (nSPS) is 14.4. The van der Waals surface area contributed by atoms with Crippen molar-refractivity contribution in [1.29, 1.82) is 0 Å². The van der Waals surface area contributed by atoms with Gasteiger partial charge in [0.15, 0.2) is 0 Å². The van der Waals surface area contributed by atoms with Crippen molar-refractivity contribution in [3.8, 4) is 0 Å². The SMILES string of the molecule is CC(C(=O)N[C@@H](C)CO)n1cnc2ccccc21. The smallest absolute Gasteiger partial charge is 0.243 e. The van der Waals surface area contributed by atoms with Gasteiger partial charge < -0.3 is 15.0 Å². The molecule has 2 atom stereocenters. The van der Waals surface area contributed by atoms with E-state index in [-0.39, 0.29) is 24.6 Å². The van der Waals surface area contributed by atoms with E-state index >= 15 is 0 Å². The Labute approximate surface area is 105 Å². The van der Waals surface area contributed by atoms with Gasteiger partial charge in [0.2, 0.25) is 5.91 Å². The number of nitrogens with one attached hydrogen (secondary N) is 1. The fourth-order valence-electron chi connectivity index (χ4n) is 1.82. The number of aliphatic hydroxyl groups is 1. The molecule has 0 aliphatic heterocycles. The minimum atomic E-state index is -0.355. The van der Waals surface area contributed by atoms with Crippen LogP contribution in [0.25, 0.3) is 11.0 Å². The van der Waals surface area contributed by atoms with Crippen molar-refractivity contribution >= 4 is 16.9 Å². The third kappa shape index (κ3) is 2.36. The second-order valence-corrected chi connectivity index (χ2v) is 4.41. The highest BCUT2D eigenvalue weighted by Gasteiger charge is 2.18. The lowest BCUT2D eigenvalue weighted by molar-refractivity contribution is -0.124. The zero-order chi connectivity index (χ0) is 13.1. The van der Waals surface area contributed by atoms with Crippen LogP contribution in [0.2, 0.25) is 0 Å². The van der Waals surface area contributed by atoms with Crippen molar-refractivity contribution in [3.63, 3.8) is 0 Å². The van der Waals surface area contributed by atoms with Crippen molar-refractivity contribution in [3.05, 3.63) is 30.6 Å². The monoisotopic (exact) mass is 247 g/mol. The summed E-state index contributed by atoms with van der Waals surface area (Å²) in [6, 6.07) is 7.08. The number of hydrogen-bond acceptors (Lipinski definition) is 3. The van der Waals surface area contributed by atoms with Crippen LogP contribution in [0.4, 0.5) is 0 Å². The molecule has 1 heterocycles. The number of amides is 1. The maximum atomic E-state index is 12.0. The third-order valence-corrected chi connectivity index (χ3v) is 2.94. The van der Waals surface area contributed by atoms with Crippen LogP contribution >= 0.6 is 0 Å². The number of para-hydroxylation sites is 2. The number of nitrogens with zero attached hydrogens (tertiary/aromatic N) is 2. The van der Waals surface area contributed by atoms with E-state index in [0.29, 0.717) is 0 Å². The zero-order valence-electron chi connectivity index (χ0n) is 10.5. The standard InChI is InChI=1S/C13H17N3O2/c1-9(7-17)15-13(18)10(2)16-8-14-11-5-3-4-6-12(11)16/h3-6,8-10,17H,7H2,1-2H3,(H,15,18)/t9-,10?/m0/s1. The third-order valence-electron chi connectivity index (χ3n) is 2.94. The molecule has 18 heavy (non-hydrogen) atoms. The molecule has 2 rings (SSSR count). The molecule has 2 aromatic rings. The molecule has 1 unspecified atom stereocenters. The quantitative estimate of drug-likeness (QED) is 0.850. The highest BCUT2D eigenvalue weighted by atomic mass is 16.3. The Bertz CT molecular complexity index is 550. The predicted octanol–water partition coefficient (Wildman–Crippen LogP) is 1.09. The summed E-state index contributed by atoms with van der Waals surface area (Å²) in [6.45, 7) is 3.51. The number of imidazole rings is 1. The highest BCUT2D eigenvalue weighted by Crippen LogP contribution is 2.17. The maximum absolute atomic E-state index is 12.0. The molecule has 1 aromatic heterocycles. The van der Waals surface area contributed by atoms with Gasteiger partial charge in [-0.25, -0.2) is 4.98 Å². The summed E-state index contributed by atoms with van der Waals surface area (Å²) in [5, 5.41) is 11.7. The lowest BCUT2D eigenvalue weighted by Gasteiger charge is -2.17. The molecule has 0 saturated carbocycles. The summed E-state index contributed by atoms with van der Waals surface area (Å²) in [5.41, 5.74) is 1.80. The second-order valence-electron chi connectivity index (χ2n) is 4.41. The van der Waals surface area contributed by atoms with Crippen LogP contribution in [0.15, 0.2) is 30.6 Å². The molecule has 96 valence electrons. The van der Waals surface area contributed by atoms with Gasteiger partial charge in [-0.2, -0.15) is 0 Å². The Kier molecular flexibility index (Phi) is 3.62. The minimum Gasteiger partial charge on any atom is -0.394 e. The van der Waals surface area contributed by atoms with Crippen molar-refractivity contribution < 1.29 is 9.90 Å². The van der Waals surface area contributed by atoms with Crippen molar-refractivity contribution in [2.24, 2.45) is 0 Å². The molecule has 0 aliphatic rings. The first-order valence-electron chi connectivity index (χ1n) is 5.96. The lowest BCUT2D eigenvalue weighted by atomic mass is 10.2. The number of carbonyl (C=O) groups is 1. The number of rotatable bonds is 4. The van der Waals surface area contributed by atoms with E-state index in [1.54, 1.807) is 13.3 Å². The number of aromatic nitrogens is 2. The molecule has 0 saturated heterocycles. The molecule has 0 bridgehead atoms. The van der Waals surface area contributed by atoms with E-state index in [0.717, 1.165) is 11.0 Å². The summed E-state index contributed by atoms with van der Waals surface area (Å²) in [6.07, 6.45) is 1.67. The molecule has 1 aromatic carbocycles. The first kappa shape index (κ1) is 12.6. The van der Waals surface area contributed by atoms with Crippen LogP contribution < -0.4 is 5.32 Å². The second kappa shape index (κ2) is 5.18. The number of fused-ring (bicyclic) bond motifs is 1. The summed E-state index contributed by atoms with van der Waals surface area (Å²) in [7, 11) is 0. The molecule has 0 fully saturated rings. The van der Waals surface area contributed by atoms with Crippen LogP contribution in [0.1, 0.15) is 19.9 Å². The van der Waals surface area contributed by atoms with Crippen LogP contribution in [-0.2, 0) is 4.79 Å². The lowest BCUT2D eigenvalue weighted by Crippen LogP contribution is -2.39. The van der Waals surface area contributed by atoms with Gasteiger partial charge in [-0.15, -0.1) is 0 Å². The minimum absolute atomic E-state index is 0.0663. The van der Waals surface area contributed by atoms with E-state index in [1.165, 1.54) is 0 Å². The Morgan fingerprint density at radius 2 is 2.17 bits per heavy atom. The summed E-state index contributed by atoms with van der Waals surface area (Å²) >= 11 is 0. The van der Waals surface area contributed by atoms with E-state index in [2.05, 4.69) is 10.3 Å². The average Bonchev–Trinajstić information content (AvgIpc) is 2.81. The summed E-state index contributed by atoms with van der Waals surface area (Å²) in [5.74, 6) is -0.125. The molecule has 5 heteroatoms. The van der Waals surface area contributed by atoms with Crippen LogP contribution in [0.3, 0.4) is 0 Å². The van der Waals surface area contributed by atoms with Crippen molar-refractivity contribution in [2.75, 3.05) is 6.61 Å². The number of aliphatic hydroxyl groups excluding tert-OH is 1. The number of hydrogen-bond donors (Lipinski definition) is 2. The van der Waals surface area contributed by atoms with E-state index in [4.69, 9.17) is 5.11 Å².